The number of oxazole rings is 1. The number of carbonyl (C=O) groups excluding carboxylic acids is 1. The molecule has 0 unspecified atom stereocenters. The van der Waals surface area contributed by atoms with Gasteiger partial charge < -0.3 is 14.2 Å². The first kappa shape index (κ1) is 18.2. The zero-order valence-electron chi connectivity index (χ0n) is 16.1. The van der Waals surface area contributed by atoms with Crippen molar-refractivity contribution in [3.63, 3.8) is 0 Å². The molecule has 0 spiro atoms. The standard InChI is InChI=1S/C21H23N5O2/c1-15-4-6-17(7-5-15)20-24-18(16(2)28-20)14-19(27)25-10-12-26(13-11-25)21-22-8-3-9-23-21/h3-9H,10-14H2,1-2H3. The van der Waals surface area contributed by atoms with Gasteiger partial charge in [0.1, 0.15) is 5.76 Å². The number of hydrogen-bond acceptors (Lipinski definition) is 6. The number of piperazine rings is 1. The first-order valence-electron chi connectivity index (χ1n) is 9.43. The van der Waals surface area contributed by atoms with Crippen molar-refractivity contribution in [3.05, 3.63) is 59.7 Å². The summed E-state index contributed by atoms with van der Waals surface area (Å²) in [6, 6.07) is 9.81. The van der Waals surface area contributed by atoms with Gasteiger partial charge in [0.15, 0.2) is 0 Å². The Morgan fingerprint density at radius 2 is 1.71 bits per heavy atom. The molecule has 4 rings (SSSR count). The van der Waals surface area contributed by atoms with E-state index in [4.69, 9.17) is 4.42 Å². The molecule has 3 aromatic rings. The molecule has 28 heavy (non-hydrogen) atoms. The molecule has 1 saturated heterocycles. The van der Waals surface area contributed by atoms with Crippen LogP contribution in [0.4, 0.5) is 5.95 Å². The van der Waals surface area contributed by atoms with Crippen molar-refractivity contribution in [3.8, 4) is 11.5 Å². The van der Waals surface area contributed by atoms with Crippen LogP contribution in [-0.4, -0.2) is 51.9 Å². The fourth-order valence-electron chi connectivity index (χ4n) is 3.28. The van der Waals surface area contributed by atoms with Crippen LogP contribution >= 0.6 is 0 Å². The highest BCUT2D eigenvalue weighted by molar-refractivity contribution is 5.79. The van der Waals surface area contributed by atoms with E-state index in [1.807, 2.05) is 43.0 Å². The Bertz CT molecular complexity index is 945. The average molecular weight is 377 g/mol. The van der Waals surface area contributed by atoms with E-state index in [0.29, 0.717) is 36.4 Å². The maximum Gasteiger partial charge on any atom is 0.228 e. The average Bonchev–Trinajstić information content (AvgIpc) is 3.09. The van der Waals surface area contributed by atoms with Crippen LogP contribution in [0.15, 0.2) is 47.1 Å². The molecule has 0 atom stereocenters. The predicted octanol–water partition coefficient (Wildman–Crippen LogP) is 2.64. The summed E-state index contributed by atoms with van der Waals surface area (Å²) in [6.07, 6.45) is 3.72. The molecular formula is C21H23N5O2. The molecule has 144 valence electrons. The van der Waals surface area contributed by atoms with Crippen LogP contribution in [0.3, 0.4) is 0 Å². The van der Waals surface area contributed by atoms with E-state index in [2.05, 4.69) is 19.9 Å². The Labute approximate surface area is 164 Å². The van der Waals surface area contributed by atoms with Crippen LogP contribution in [0.1, 0.15) is 17.0 Å². The van der Waals surface area contributed by atoms with E-state index >= 15 is 0 Å². The van der Waals surface area contributed by atoms with Gasteiger partial charge in [-0.15, -0.1) is 0 Å². The number of aromatic nitrogens is 3. The molecule has 0 bridgehead atoms. The SMILES string of the molecule is Cc1ccc(-c2nc(CC(=O)N3CCN(c4ncccn4)CC3)c(C)o2)cc1. The van der Waals surface area contributed by atoms with E-state index in [1.54, 1.807) is 18.5 Å². The quantitative estimate of drug-likeness (QED) is 0.696. The number of nitrogens with zero attached hydrogens (tertiary/aromatic N) is 5. The minimum Gasteiger partial charge on any atom is -0.441 e. The molecule has 1 amide bonds. The monoisotopic (exact) mass is 377 g/mol. The maximum atomic E-state index is 12.7. The van der Waals surface area contributed by atoms with Gasteiger partial charge >= 0.3 is 0 Å². The molecule has 1 aromatic carbocycles. The van der Waals surface area contributed by atoms with Gasteiger partial charge in [-0.3, -0.25) is 4.79 Å². The van der Waals surface area contributed by atoms with Crippen LogP contribution < -0.4 is 4.90 Å². The lowest BCUT2D eigenvalue weighted by atomic mass is 10.1. The minimum atomic E-state index is 0.0699. The molecule has 1 aliphatic rings. The molecule has 0 aliphatic carbocycles. The first-order valence-corrected chi connectivity index (χ1v) is 9.43. The molecule has 0 N–H and O–H groups in total. The summed E-state index contributed by atoms with van der Waals surface area (Å²) in [5.41, 5.74) is 2.81. The second-order valence-electron chi connectivity index (χ2n) is 6.98. The molecular weight excluding hydrogens is 354 g/mol. The van der Waals surface area contributed by atoms with Crippen LogP contribution in [0.5, 0.6) is 0 Å². The van der Waals surface area contributed by atoms with Crippen molar-refractivity contribution in [2.45, 2.75) is 20.3 Å². The Hall–Kier alpha value is -3.22. The molecule has 3 heterocycles. The topological polar surface area (TPSA) is 75.4 Å². The van der Waals surface area contributed by atoms with Crippen molar-refractivity contribution >= 4 is 11.9 Å². The van der Waals surface area contributed by atoms with Gasteiger partial charge in [0.05, 0.1) is 12.1 Å². The second kappa shape index (κ2) is 7.80. The summed E-state index contributed by atoms with van der Waals surface area (Å²) in [7, 11) is 0. The Kier molecular flexibility index (Phi) is 5.06. The third kappa shape index (κ3) is 3.88. The number of anilines is 1. The van der Waals surface area contributed by atoms with Crippen LogP contribution in [0.2, 0.25) is 0 Å². The highest BCUT2D eigenvalue weighted by atomic mass is 16.4. The number of carbonyl (C=O) groups is 1. The Balaban J connectivity index is 1.38. The molecule has 1 aliphatic heterocycles. The summed E-state index contributed by atoms with van der Waals surface area (Å²) < 4.78 is 5.80. The van der Waals surface area contributed by atoms with Gasteiger partial charge in [-0.05, 0) is 32.0 Å². The van der Waals surface area contributed by atoms with Gasteiger partial charge in [-0.2, -0.15) is 0 Å². The minimum absolute atomic E-state index is 0.0699. The smallest absolute Gasteiger partial charge is 0.228 e. The Morgan fingerprint density at radius 3 is 2.39 bits per heavy atom. The van der Waals surface area contributed by atoms with Gasteiger partial charge in [0.25, 0.3) is 0 Å². The number of rotatable bonds is 4. The molecule has 1 fully saturated rings. The van der Waals surface area contributed by atoms with Crippen LogP contribution in [-0.2, 0) is 11.2 Å². The third-order valence-electron chi connectivity index (χ3n) is 4.98. The van der Waals surface area contributed by atoms with Crippen LogP contribution in [0.25, 0.3) is 11.5 Å². The highest BCUT2D eigenvalue weighted by Gasteiger charge is 2.24. The molecule has 0 radical (unpaired) electrons. The lowest BCUT2D eigenvalue weighted by Crippen LogP contribution is -2.49. The van der Waals surface area contributed by atoms with E-state index in [0.717, 1.165) is 18.7 Å². The lowest BCUT2D eigenvalue weighted by molar-refractivity contribution is -0.130. The largest absolute Gasteiger partial charge is 0.441 e. The molecule has 2 aromatic heterocycles. The van der Waals surface area contributed by atoms with Crippen molar-refractivity contribution in [2.75, 3.05) is 31.1 Å². The number of aryl methyl sites for hydroxylation is 2. The van der Waals surface area contributed by atoms with Crippen molar-refractivity contribution in [1.29, 1.82) is 0 Å². The predicted molar refractivity (Wildman–Crippen MR) is 106 cm³/mol. The lowest BCUT2D eigenvalue weighted by Gasteiger charge is -2.34. The number of benzene rings is 1. The zero-order chi connectivity index (χ0) is 19.5. The summed E-state index contributed by atoms with van der Waals surface area (Å²) >= 11 is 0. The normalized spacial score (nSPS) is 14.4. The maximum absolute atomic E-state index is 12.7. The van der Waals surface area contributed by atoms with E-state index in [-0.39, 0.29) is 12.3 Å². The summed E-state index contributed by atoms with van der Waals surface area (Å²) in [4.78, 5) is 29.8. The first-order chi connectivity index (χ1) is 13.6. The van der Waals surface area contributed by atoms with E-state index < -0.39 is 0 Å². The van der Waals surface area contributed by atoms with Gasteiger partial charge in [-0.25, -0.2) is 15.0 Å². The molecule has 0 saturated carbocycles. The summed E-state index contributed by atoms with van der Waals surface area (Å²) in [5.74, 6) is 2.04. The highest BCUT2D eigenvalue weighted by Crippen LogP contribution is 2.23. The van der Waals surface area contributed by atoms with Crippen molar-refractivity contribution in [2.24, 2.45) is 0 Å². The van der Waals surface area contributed by atoms with Gasteiger partial charge in [0, 0.05) is 44.1 Å². The van der Waals surface area contributed by atoms with Crippen molar-refractivity contribution in [1.82, 2.24) is 19.9 Å². The molecule has 7 heteroatoms. The fourth-order valence-corrected chi connectivity index (χ4v) is 3.28. The third-order valence-corrected chi connectivity index (χ3v) is 4.98. The molecule has 7 nitrogen and oxygen atoms in total. The Morgan fingerprint density at radius 1 is 1.04 bits per heavy atom. The van der Waals surface area contributed by atoms with E-state index in [1.165, 1.54) is 5.56 Å². The number of amides is 1. The summed E-state index contributed by atoms with van der Waals surface area (Å²) in [5, 5.41) is 0. The van der Waals surface area contributed by atoms with Crippen LogP contribution in [0, 0.1) is 13.8 Å². The second-order valence-corrected chi connectivity index (χ2v) is 6.98. The van der Waals surface area contributed by atoms with Gasteiger partial charge in [0.2, 0.25) is 17.7 Å². The fraction of sp³-hybridized carbons (Fsp3) is 0.333. The summed E-state index contributed by atoms with van der Waals surface area (Å²) in [6.45, 7) is 6.65. The zero-order valence-corrected chi connectivity index (χ0v) is 16.1. The van der Waals surface area contributed by atoms with Crippen molar-refractivity contribution < 1.29 is 9.21 Å². The number of hydrogen-bond donors (Lipinski definition) is 0. The van der Waals surface area contributed by atoms with E-state index in [9.17, 15) is 4.79 Å². The van der Waals surface area contributed by atoms with Gasteiger partial charge in [-0.1, -0.05) is 17.7 Å².